The minimum atomic E-state index is -0.786. The summed E-state index contributed by atoms with van der Waals surface area (Å²) in [6.07, 6.45) is 27.0. The average Bonchev–Trinajstić information content (AvgIpc) is 4.17. The molecular weight excluding hydrogens is 913 g/mol. The van der Waals surface area contributed by atoms with Crippen molar-refractivity contribution in [1.29, 1.82) is 0 Å². The van der Waals surface area contributed by atoms with Crippen molar-refractivity contribution in [2.45, 2.75) is 195 Å². The molecule has 0 radical (unpaired) electrons. The quantitative estimate of drug-likeness (QED) is 0.130. The van der Waals surface area contributed by atoms with E-state index in [-0.39, 0.29) is 63.5 Å². The van der Waals surface area contributed by atoms with E-state index < -0.39 is 17.3 Å². The second kappa shape index (κ2) is 18.5. The summed E-state index contributed by atoms with van der Waals surface area (Å²) < 4.78 is 13.6. The van der Waals surface area contributed by atoms with E-state index >= 15 is 0 Å². The number of aromatic hydroxyl groups is 1. The van der Waals surface area contributed by atoms with Gasteiger partial charge >= 0.3 is 5.97 Å². The van der Waals surface area contributed by atoms with Gasteiger partial charge in [0.1, 0.15) is 16.1 Å². The Labute approximate surface area is 424 Å². The van der Waals surface area contributed by atoms with E-state index in [0.717, 1.165) is 87.5 Å². The molecule has 70 heavy (non-hydrogen) atoms. The van der Waals surface area contributed by atoms with Crippen LogP contribution < -0.4 is 15.8 Å². The van der Waals surface area contributed by atoms with Crippen LogP contribution >= 0.6 is 21.6 Å². The van der Waals surface area contributed by atoms with Crippen molar-refractivity contribution in [2.24, 2.45) is 51.1 Å². The Morgan fingerprint density at radius 1 is 0.929 bits per heavy atom. The highest BCUT2D eigenvalue weighted by Crippen LogP contribution is 2.64. The summed E-state index contributed by atoms with van der Waals surface area (Å²) in [5, 5.41) is 28.7. The van der Waals surface area contributed by atoms with Crippen molar-refractivity contribution < 1.29 is 29.3 Å². The van der Waals surface area contributed by atoms with Gasteiger partial charge in [-0.2, -0.15) is 0 Å². The van der Waals surface area contributed by atoms with E-state index in [1.165, 1.54) is 63.9 Å². The number of esters is 1. The first-order chi connectivity index (χ1) is 33.9. The van der Waals surface area contributed by atoms with Crippen molar-refractivity contribution in [3.05, 3.63) is 70.8 Å². The van der Waals surface area contributed by atoms with Crippen LogP contribution in [0, 0.1) is 40.4 Å². The lowest BCUT2D eigenvalue weighted by molar-refractivity contribution is -0.170. The van der Waals surface area contributed by atoms with Gasteiger partial charge in [0.15, 0.2) is 17.5 Å². The number of ether oxygens (including phenoxy) is 2. The number of carbonyl (C=O) groups excluding carboxylic acids is 2. The molecule has 5 N–H and O–H groups in total. The number of carbonyl (C=O) groups is 2. The average molecular weight is 991 g/mol. The Morgan fingerprint density at radius 2 is 1.74 bits per heavy atom. The van der Waals surface area contributed by atoms with Gasteiger partial charge in [-0.3, -0.25) is 14.6 Å². The molecule has 13 aliphatic rings. The molecule has 378 valence electrons. The summed E-state index contributed by atoms with van der Waals surface area (Å²) in [6.45, 7) is 2.95. The lowest BCUT2D eigenvalue weighted by Crippen LogP contribution is -2.55. The number of nitrogens with one attached hydrogen (secondary N) is 1. The van der Waals surface area contributed by atoms with Gasteiger partial charge in [0.2, 0.25) is 5.91 Å². The number of hydrogen-bond donors (Lipinski definition) is 4. The number of nitrogens with zero attached hydrogens (tertiary/aromatic N) is 2. The van der Waals surface area contributed by atoms with E-state index in [9.17, 15) is 19.8 Å². The van der Waals surface area contributed by atoms with Crippen LogP contribution in [-0.2, 0) is 27.3 Å². The van der Waals surface area contributed by atoms with E-state index in [0.29, 0.717) is 73.8 Å². The summed E-state index contributed by atoms with van der Waals surface area (Å²) in [4.78, 5) is 35.0. The molecule has 0 unspecified atom stereocenters. The number of aryl methyl sites for hydroxylation is 1. The molecule has 10 bridgehead atoms. The molecule has 0 aromatic heterocycles. The predicted molar refractivity (Wildman–Crippen MR) is 278 cm³/mol. The maximum absolute atomic E-state index is 14.8. The summed E-state index contributed by atoms with van der Waals surface area (Å²) in [7, 11) is 4.12. The minimum absolute atomic E-state index is 0.0967. The van der Waals surface area contributed by atoms with Crippen molar-refractivity contribution in [1.82, 2.24) is 10.2 Å². The highest BCUT2D eigenvalue weighted by molar-refractivity contribution is 8.77. The Bertz CT molecular complexity index is 2380. The first kappa shape index (κ1) is 47.6. The van der Waals surface area contributed by atoms with Crippen molar-refractivity contribution >= 4 is 39.4 Å². The van der Waals surface area contributed by atoms with Crippen LogP contribution in [-0.4, -0.2) is 74.0 Å². The Morgan fingerprint density at radius 3 is 2.54 bits per heavy atom. The van der Waals surface area contributed by atoms with Gasteiger partial charge in [-0.05, 0) is 175 Å². The SMILES string of the molecule is CC(=O)O[C@@]12CCc3cc(c(O)c4c3[C@H]3C=C[C@@]5(CCC[C@H]5C3)O4)CN3C[C@]4(CC3=O)[C@@H](CC[C@H]4c3ccccc3)CN=C(N)N[C@@]3(CCCC34CCCC4)SSCC3CCC(CC3)[C@@H](CC1)[C@H](O)C2. The molecular formula is C58H78N4O6S2. The number of amides is 1. The van der Waals surface area contributed by atoms with Crippen molar-refractivity contribution in [3.63, 3.8) is 0 Å². The molecule has 4 spiro atoms. The number of nitrogens with two attached hydrogens (primary N) is 1. The van der Waals surface area contributed by atoms with Crippen LogP contribution in [0.1, 0.15) is 182 Å². The van der Waals surface area contributed by atoms with Crippen LogP contribution in [0.5, 0.6) is 11.5 Å². The number of phenolic OH excluding ortho intramolecular Hbond substituents is 1. The van der Waals surface area contributed by atoms with Gasteiger partial charge in [-0.1, -0.05) is 70.8 Å². The van der Waals surface area contributed by atoms with Crippen LogP contribution in [0.15, 0.2) is 53.5 Å². The molecule has 6 heterocycles. The zero-order valence-electron chi connectivity index (χ0n) is 41.6. The molecule has 7 aliphatic carbocycles. The molecule has 2 aromatic carbocycles. The first-order valence-corrected chi connectivity index (χ1v) is 30.1. The topological polar surface area (TPSA) is 147 Å². The normalized spacial score (nSPS) is 40.1. The minimum Gasteiger partial charge on any atom is -0.504 e. The molecule has 10 atom stereocenters. The molecule has 1 saturated heterocycles. The maximum Gasteiger partial charge on any atom is 0.303 e. The first-order valence-electron chi connectivity index (χ1n) is 27.8. The predicted octanol–water partition coefficient (Wildman–Crippen LogP) is 11.2. The molecule has 12 heteroatoms. The second-order valence-corrected chi connectivity index (χ2v) is 27.1. The number of fused-ring (bicyclic) bond motifs is 2. The number of aliphatic hydroxyl groups is 1. The summed E-state index contributed by atoms with van der Waals surface area (Å²) in [5.41, 5.74) is 9.90. The highest BCUT2D eigenvalue weighted by atomic mass is 33.1. The number of phenols is 1. The lowest BCUT2D eigenvalue weighted by atomic mass is 9.66. The Balaban J connectivity index is 0.921. The summed E-state index contributed by atoms with van der Waals surface area (Å²) in [5.74, 6) is 4.38. The fourth-order valence-corrected chi connectivity index (χ4v) is 21.3. The summed E-state index contributed by atoms with van der Waals surface area (Å²) >= 11 is 0. The second-order valence-electron chi connectivity index (χ2n) is 24.4. The van der Waals surface area contributed by atoms with Crippen LogP contribution in [0.25, 0.3) is 0 Å². The van der Waals surface area contributed by atoms with Gasteiger partial charge in [0.25, 0.3) is 0 Å². The van der Waals surface area contributed by atoms with E-state index in [2.05, 4.69) is 75.5 Å². The zero-order chi connectivity index (χ0) is 47.9. The molecule has 2 aromatic rings. The van der Waals surface area contributed by atoms with Crippen LogP contribution in [0.4, 0.5) is 0 Å². The third-order valence-corrected chi connectivity index (χ3v) is 24.3. The molecule has 6 aliphatic heterocycles. The fraction of sp³-hybridized carbons (Fsp3) is 0.707. The molecule has 1 amide bonds. The molecule has 10 nitrogen and oxygen atoms in total. The van der Waals surface area contributed by atoms with Crippen LogP contribution in [0.2, 0.25) is 0 Å². The number of benzene rings is 2. The van der Waals surface area contributed by atoms with Gasteiger partial charge in [0, 0.05) is 78.9 Å². The van der Waals surface area contributed by atoms with Gasteiger partial charge in [-0.25, -0.2) is 0 Å². The monoisotopic (exact) mass is 991 g/mol. The Kier molecular flexibility index (Phi) is 12.6. The number of allylic oxidation sites excluding steroid dienone is 1. The molecule has 6 saturated carbocycles. The maximum atomic E-state index is 14.8. The number of guanidine groups is 1. The smallest absolute Gasteiger partial charge is 0.303 e. The lowest BCUT2D eigenvalue weighted by Gasteiger charge is -2.46. The fourth-order valence-electron chi connectivity index (χ4n) is 17.4. The van der Waals surface area contributed by atoms with Gasteiger partial charge in [0.05, 0.1) is 6.10 Å². The molecule has 7 fully saturated rings. The van der Waals surface area contributed by atoms with Crippen LogP contribution in [0.3, 0.4) is 0 Å². The molecule has 15 rings (SSSR count). The van der Waals surface area contributed by atoms with E-state index in [1.807, 2.05) is 4.90 Å². The third kappa shape index (κ3) is 8.21. The number of rotatable bonds is 2. The van der Waals surface area contributed by atoms with E-state index in [4.69, 9.17) is 20.2 Å². The largest absolute Gasteiger partial charge is 0.504 e. The van der Waals surface area contributed by atoms with Gasteiger partial charge < -0.3 is 35.6 Å². The van der Waals surface area contributed by atoms with Gasteiger partial charge in [-0.15, -0.1) is 0 Å². The third-order valence-electron chi connectivity index (χ3n) is 20.9. The van der Waals surface area contributed by atoms with E-state index in [1.54, 1.807) is 0 Å². The standard InChI is InChI=1S/C58H78N4O6S2/c1-37(63)67-55-26-18-41-29-43(51(66)52-50(41)42-19-28-57(68-52)24-7-11-44(57)30-42)34-62-36-56(32-49(62)65)45(16-17-47(56)40-9-3-2-4-10-40)33-60-53(59)61-58(25-8-23-54(58)21-5-6-22-54)70-69-35-38-12-14-39(15-13-38)46(20-27-55)48(64)31-55/h2-4,9-10,19,28-29,38-39,42,44-48,64,66H,5-8,11-18,20-27,30-36H2,1H3,(H3,59,60,61)/t38?,39?,42-,44-,45-,46+,47-,48+,55-,56+,57+,58-/m0/s1. The number of aliphatic imine (C=N–C) groups is 1. The summed E-state index contributed by atoms with van der Waals surface area (Å²) in [6, 6.07) is 13.0. The highest BCUT2D eigenvalue weighted by Gasteiger charge is 2.59. The number of hydrogen-bond acceptors (Lipinski definition) is 11. The zero-order valence-corrected chi connectivity index (χ0v) is 43.3. The van der Waals surface area contributed by atoms with Crippen molar-refractivity contribution in [2.75, 3.05) is 18.8 Å². The number of aliphatic hydroxyl groups excluding tert-OH is 1. The Hall–Kier alpha value is -3.35. The van der Waals surface area contributed by atoms with Crippen molar-refractivity contribution in [3.8, 4) is 11.5 Å².